The molecule has 0 aliphatic carbocycles. The van der Waals surface area contributed by atoms with Crippen LogP contribution >= 0.6 is 22.7 Å². The third kappa shape index (κ3) is 4.65. The molecule has 0 saturated heterocycles. The number of thiazole rings is 2. The minimum atomic E-state index is -0.474. The molecule has 2 heterocycles. The van der Waals surface area contributed by atoms with Gasteiger partial charge in [0.25, 0.3) is 0 Å². The summed E-state index contributed by atoms with van der Waals surface area (Å²) >= 11 is 2.72. The molecule has 0 radical (unpaired) electrons. The lowest BCUT2D eigenvalue weighted by Gasteiger charge is -2.26. The Morgan fingerprint density at radius 1 is 0.710 bits per heavy atom. The van der Waals surface area contributed by atoms with Crippen LogP contribution in [0.5, 0.6) is 11.5 Å². The third-order valence-corrected chi connectivity index (χ3v) is 6.03. The lowest BCUT2D eigenvalue weighted by molar-refractivity contribution is 0.475. The summed E-state index contributed by atoms with van der Waals surface area (Å²) in [6, 6.07) is 10.4. The molecule has 0 atom stereocenters. The maximum absolute atomic E-state index is 10.2. The molecule has 2 N–H and O–H groups in total. The van der Waals surface area contributed by atoms with E-state index in [4.69, 9.17) is 0 Å². The fourth-order valence-electron chi connectivity index (χ4n) is 2.88. The lowest BCUT2D eigenvalue weighted by atomic mass is 9.78. The van der Waals surface area contributed by atoms with E-state index >= 15 is 0 Å². The summed E-state index contributed by atoms with van der Waals surface area (Å²) in [6.07, 6.45) is 3.29. The second-order valence-electron chi connectivity index (χ2n) is 7.06. The van der Waals surface area contributed by atoms with Crippen molar-refractivity contribution in [3.05, 3.63) is 70.7 Å². The molecule has 0 aliphatic rings. The van der Waals surface area contributed by atoms with Crippen LogP contribution in [0.3, 0.4) is 0 Å². The molecule has 0 aliphatic heterocycles. The molecule has 0 bridgehead atoms. The van der Waals surface area contributed by atoms with Crippen LogP contribution in [0.4, 0.5) is 21.6 Å². The number of phenolic OH excluding ortho intramolecular Hbond substituents is 2. The quantitative estimate of drug-likeness (QED) is 0.303. The lowest BCUT2D eigenvalue weighted by Crippen LogP contribution is -2.18. The smallest absolute Gasteiger partial charge is 0.229 e. The van der Waals surface area contributed by atoms with Gasteiger partial charge in [-0.15, -0.1) is 43.1 Å². The van der Waals surface area contributed by atoms with Crippen molar-refractivity contribution in [2.24, 2.45) is 20.5 Å². The normalized spacial score (nSPS) is 12.2. The number of aromatic hydroxyl groups is 2. The van der Waals surface area contributed by atoms with E-state index in [0.29, 0.717) is 21.6 Å². The number of rotatable bonds is 6. The molecular formula is C21H18N6O2S2. The summed E-state index contributed by atoms with van der Waals surface area (Å²) in [6.45, 7) is 4.07. The highest BCUT2D eigenvalue weighted by Gasteiger charge is 2.25. The third-order valence-electron chi connectivity index (χ3n) is 4.72. The van der Waals surface area contributed by atoms with Gasteiger partial charge < -0.3 is 10.2 Å². The number of benzene rings is 2. The molecule has 10 heteroatoms. The minimum absolute atomic E-state index is 0.0310. The van der Waals surface area contributed by atoms with Crippen molar-refractivity contribution < 1.29 is 10.2 Å². The molecule has 0 unspecified atom stereocenters. The summed E-state index contributed by atoms with van der Waals surface area (Å²) in [5, 5.41) is 41.5. The van der Waals surface area contributed by atoms with E-state index in [1.165, 1.54) is 22.7 Å². The van der Waals surface area contributed by atoms with Crippen molar-refractivity contribution in [1.82, 2.24) is 9.97 Å². The van der Waals surface area contributed by atoms with Crippen molar-refractivity contribution in [2.75, 3.05) is 0 Å². The monoisotopic (exact) mass is 450 g/mol. The van der Waals surface area contributed by atoms with Gasteiger partial charge in [0.1, 0.15) is 22.9 Å². The predicted octanol–water partition coefficient (Wildman–Crippen LogP) is 7.17. The van der Waals surface area contributed by atoms with E-state index in [-0.39, 0.29) is 11.5 Å². The molecule has 0 fully saturated rings. The maximum atomic E-state index is 10.2. The summed E-state index contributed by atoms with van der Waals surface area (Å²) in [5.41, 5.74) is 2.04. The first-order chi connectivity index (χ1) is 14.9. The highest BCUT2D eigenvalue weighted by Crippen LogP contribution is 2.40. The van der Waals surface area contributed by atoms with Crippen LogP contribution in [-0.4, -0.2) is 20.2 Å². The Morgan fingerprint density at radius 3 is 1.55 bits per heavy atom. The van der Waals surface area contributed by atoms with Crippen molar-refractivity contribution in [1.29, 1.82) is 0 Å². The fraction of sp³-hybridized carbons (Fsp3) is 0.143. The first-order valence-electron chi connectivity index (χ1n) is 9.23. The Balaban J connectivity index is 1.66. The van der Waals surface area contributed by atoms with Crippen molar-refractivity contribution in [3.8, 4) is 11.5 Å². The molecule has 0 spiro atoms. The topological polar surface area (TPSA) is 116 Å². The molecule has 156 valence electrons. The number of azo groups is 2. The van der Waals surface area contributed by atoms with Crippen LogP contribution in [0, 0.1) is 0 Å². The van der Waals surface area contributed by atoms with Gasteiger partial charge in [-0.25, -0.2) is 9.97 Å². The molecule has 2 aromatic carbocycles. The van der Waals surface area contributed by atoms with Gasteiger partial charge in [0, 0.05) is 28.6 Å². The zero-order valence-electron chi connectivity index (χ0n) is 16.7. The minimum Gasteiger partial charge on any atom is -0.506 e. The van der Waals surface area contributed by atoms with Crippen LogP contribution in [0.1, 0.15) is 25.0 Å². The van der Waals surface area contributed by atoms with E-state index in [2.05, 4.69) is 30.4 Å². The van der Waals surface area contributed by atoms with E-state index in [1.54, 1.807) is 36.7 Å². The molecule has 31 heavy (non-hydrogen) atoms. The Kier molecular flexibility index (Phi) is 5.83. The number of nitrogens with zero attached hydrogens (tertiary/aromatic N) is 6. The van der Waals surface area contributed by atoms with Gasteiger partial charge in [-0.05, 0) is 35.4 Å². The number of hydrogen-bond donors (Lipinski definition) is 2. The first-order valence-corrected chi connectivity index (χ1v) is 11.0. The second-order valence-corrected chi connectivity index (χ2v) is 8.81. The van der Waals surface area contributed by atoms with Gasteiger partial charge in [-0.2, -0.15) is 0 Å². The van der Waals surface area contributed by atoms with Gasteiger partial charge in [0.05, 0.1) is 0 Å². The van der Waals surface area contributed by atoms with Crippen molar-refractivity contribution in [3.63, 3.8) is 0 Å². The summed E-state index contributed by atoms with van der Waals surface area (Å²) in [5.74, 6) is 0.0620. The van der Waals surface area contributed by atoms with Crippen LogP contribution in [0.15, 0.2) is 80.0 Å². The molecule has 8 nitrogen and oxygen atoms in total. The molecule has 4 aromatic rings. The first kappa shape index (κ1) is 20.8. The summed E-state index contributed by atoms with van der Waals surface area (Å²) in [7, 11) is 0. The largest absolute Gasteiger partial charge is 0.506 e. The second kappa shape index (κ2) is 8.70. The molecule has 0 saturated carbocycles. The van der Waals surface area contributed by atoms with Gasteiger partial charge >= 0.3 is 0 Å². The predicted molar refractivity (Wildman–Crippen MR) is 121 cm³/mol. The van der Waals surface area contributed by atoms with E-state index in [9.17, 15) is 10.2 Å². The summed E-state index contributed by atoms with van der Waals surface area (Å²) < 4.78 is 0. The number of aromatic nitrogens is 2. The van der Waals surface area contributed by atoms with Gasteiger partial charge in [0.15, 0.2) is 0 Å². The fourth-order valence-corrected chi connectivity index (χ4v) is 3.78. The molecular weight excluding hydrogens is 432 g/mol. The molecule has 4 rings (SSSR count). The summed E-state index contributed by atoms with van der Waals surface area (Å²) in [4.78, 5) is 8.13. The molecule has 2 aromatic heterocycles. The Morgan fingerprint density at radius 2 is 1.16 bits per heavy atom. The Bertz CT molecular complexity index is 1140. The van der Waals surface area contributed by atoms with Gasteiger partial charge in [0.2, 0.25) is 10.3 Å². The Labute approximate surface area is 186 Å². The average Bonchev–Trinajstić information content (AvgIpc) is 3.46. The van der Waals surface area contributed by atoms with E-state index < -0.39 is 5.41 Å². The van der Waals surface area contributed by atoms with Crippen LogP contribution < -0.4 is 0 Å². The average molecular weight is 451 g/mol. The highest BCUT2D eigenvalue weighted by molar-refractivity contribution is 7.13. The van der Waals surface area contributed by atoms with Crippen LogP contribution in [-0.2, 0) is 5.41 Å². The van der Waals surface area contributed by atoms with Gasteiger partial charge in [-0.1, -0.05) is 26.0 Å². The standard InChI is InChI=1S/C21H18N6O2S2/c1-21(2,13-3-5-17(28)15(11-13)24-26-19-22-7-9-30-19)14-4-6-18(29)16(12-14)25-27-20-23-8-10-31-20/h3-12,28-29H,1-2H3. The Hall–Kier alpha value is -3.50. The molecule has 0 amide bonds. The van der Waals surface area contributed by atoms with Gasteiger partial charge in [-0.3, -0.25) is 0 Å². The zero-order chi connectivity index (χ0) is 21.8. The van der Waals surface area contributed by atoms with Crippen LogP contribution in [0.2, 0.25) is 0 Å². The van der Waals surface area contributed by atoms with E-state index in [1.807, 2.05) is 36.7 Å². The maximum Gasteiger partial charge on any atom is 0.229 e. The number of hydrogen-bond acceptors (Lipinski definition) is 10. The van der Waals surface area contributed by atoms with Crippen molar-refractivity contribution in [2.45, 2.75) is 19.3 Å². The highest BCUT2D eigenvalue weighted by atomic mass is 32.1. The van der Waals surface area contributed by atoms with Crippen LogP contribution in [0.25, 0.3) is 0 Å². The van der Waals surface area contributed by atoms with E-state index in [0.717, 1.165) is 11.1 Å². The number of phenols is 2. The zero-order valence-corrected chi connectivity index (χ0v) is 18.3. The SMILES string of the molecule is CC(C)(c1ccc(O)c(N=Nc2nccs2)c1)c1ccc(O)c(N=Nc2nccs2)c1. The van der Waals surface area contributed by atoms with Crippen molar-refractivity contribution >= 4 is 44.3 Å².